The molecule has 1 aromatic rings. The van der Waals surface area contributed by atoms with Gasteiger partial charge in [0.15, 0.2) is 10.8 Å². The van der Waals surface area contributed by atoms with Crippen LogP contribution < -0.4 is 4.74 Å². The summed E-state index contributed by atoms with van der Waals surface area (Å²) in [6, 6.07) is 2.76. The van der Waals surface area contributed by atoms with Crippen LogP contribution in [0.5, 0.6) is 5.88 Å². The van der Waals surface area contributed by atoms with Gasteiger partial charge in [0, 0.05) is 0 Å². The molecule has 0 aromatic carbocycles. The third-order valence-electron chi connectivity index (χ3n) is 1.84. The summed E-state index contributed by atoms with van der Waals surface area (Å²) in [4.78, 5) is 14.7. The first-order chi connectivity index (χ1) is 7.90. The number of pyridine rings is 1. The summed E-state index contributed by atoms with van der Waals surface area (Å²) < 4.78 is 33.2. The number of carbonyl (C=O) groups excluding carboxylic acids is 1. The Balaban J connectivity index is 3.11. The number of sulfone groups is 1. The van der Waals surface area contributed by atoms with E-state index in [-0.39, 0.29) is 10.9 Å². The third-order valence-corrected chi connectivity index (χ3v) is 3.92. The average molecular weight is 324 g/mol. The molecule has 0 aliphatic carbocycles. The van der Waals surface area contributed by atoms with Gasteiger partial charge in [-0.2, -0.15) is 0 Å². The number of methoxy groups -OCH3 is 2. The number of ether oxygens (including phenoxy) is 2. The number of rotatable bonds is 4. The molecule has 0 unspecified atom stereocenters. The van der Waals surface area contributed by atoms with Gasteiger partial charge in [-0.25, -0.2) is 13.4 Å². The zero-order chi connectivity index (χ0) is 13.1. The van der Waals surface area contributed by atoms with Crippen molar-refractivity contribution in [2.75, 3.05) is 20.0 Å². The highest BCUT2D eigenvalue weighted by Gasteiger charge is 2.22. The Bertz CT molecular complexity index is 528. The number of halogens is 1. The lowest BCUT2D eigenvalue weighted by molar-refractivity contribution is -0.137. The molecule has 0 bridgehead atoms. The molecule has 1 aromatic heterocycles. The van der Waals surface area contributed by atoms with E-state index in [0.29, 0.717) is 4.47 Å². The van der Waals surface area contributed by atoms with E-state index in [1.807, 2.05) is 0 Å². The minimum absolute atomic E-state index is 0.135. The predicted octanol–water partition coefficient (Wildman–Crippen LogP) is 0.799. The predicted molar refractivity (Wildman–Crippen MR) is 62.6 cm³/mol. The Morgan fingerprint density at radius 2 is 2.06 bits per heavy atom. The normalized spacial score (nSPS) is 11.0. The molecule has 17 heavy (non-hydrogen) atoms. The first-order valence-electron chi connectivity index (χ1n) is 4.41. The molecule has 1 rings (SSSR count). The lowest BCUT2D eigenvalue weighted by atomic mass is 10.5. The summed E-state index contributed by atoms with van der Waals surface area (Å²) in [6.07, 6.45) is 0. The molecule has 0 amide bonds. The molecule has 0 aliphatic heterocycles. The molecular weight excluding hydrogens is 314 g/mol. The number of hydrogen-bond acceptors (Lipinski definition) is 6. The quantitative estimate of drug-likeness (QED) is 0.762. The second-order valence-corrected chi connectivity index (χ2v) is 5.77. The Morgan fingerprint density at radius 3 is 2.59 bits per heavy atom. The summed E-state index contributed by atoms with van der Waals surface area (Å²) in [6.45, 7) is 0. The van der Waals surface area contributed by atoms with E-state index in [1.165, 1.54) is 19.2 Å². The summed E-state index contributed by atoms with van der Waals surface area (Å²) in [5.41, 5.74) is 0. The standard InChI is InChI=1S/C9H10BrNO5S/c1-15-8(12)5-17(13,14)7-4-3-6(10)9(11-7)16-2/h3-4H,5H2,1-2H3. The van der Waals surface area contributed by atoms with Crippen molar-refractivity contribution >= 4 is 31.7 Å². The van der Waals surface area contributed by atoms with Crippen molar-refractivity contribution in [3.05, 3.63) is 16.6 Å². The Kier molecular flexibility index (Phi) is 4.47. The molecule has 0 atom stereocenters. The zero-order valence-electron chi connectivity index (χ0n) is 9.14. The minimum atomic E-state index is -3.81. The highest BCUT2D eigenvalue weighted by molar-refractivity contribution is 9.10. The van der Waals surface area contributed by atoms with E-state index in [1.54, 1.807) is 0 Å². The van der Waals surface area contributed by atoms with Gasteiger partial charge in [-0.1, -0.05) is 0 Å². The van der Waals surface area contributed by atoms with Gasteiger partial charge in [0.2, 0.25) is 15.7 Å². The number of esters is 1. The van der Waals surface area contributed by atoms with Crippen LogP contribution in [0.4, 0.5) is 0 Å². The van der Waals surface area contributed by atoms with Crippen LogP contribution in [-0.4, -0.2) is 39.3 Å². The van der Waals surface area contributed by atoms with E-state index in [2.05, 4.69) is 25.7 Å². The fourth-order valence-corrected chi connectivity index (χ4v) is 2.47. The molecule has 0 N–H and O–H groups in total. The molecule has 6 nitrogen and oxygen atoms in total. The first kappa shape index (κ1) is 13.9. The summed E-state index contributed by atoms with van der Waals surface area (Å²) in [5.74, 6) is -1.45. The Hall–Kier alpha value is -1.15. The monoisotopic (exact) mass is 323 g/mol. The number of hydrogen-bond donors (Lipinski definition) is 0. The molecule has 8 heteroatoms. The van der Waals surface area contributed by atoms with Crippen molar-refractivity contribution < 1.29 is 22.7 Å². The Morgan fingerprint density at radius 1 is 1.41 bits per heavy atom. The van der Waals surface area contributed by atoms with Crippen LogP contribution in [0.1, 0.15) is 0 Å². The van der Waals surface area contributed by atoms with E-state index >= 15 is 0 Å². The average Bonchev–Trinajstić information content (AvgIpc) is 2.28. The molecule has 1 heterocycles. The number of aromatic nitrogens is 1. The van der Waals surface area contributed by atoms with Crippen LogP contribution in [0.15, 0.2) is 21.6 Å². The summed E-state index contributed by atoms with van der Waals surface area (Å²) in [7, 11) is -1.32. The van der Waals surface area contributed by atoms with E-state index in [0.717, 1.165) is 7.11 Å². The highest BCUT2D eigenvalue weighted by Crippen LogP contribution is 2.24. The van der Waals surface area contributed by atoms with Crippen LogP contribution in [0, 0.1) is 0 Å². The maximum atomic E-state index is 11.7. The van der Waals surface area contributed by atoms with E-state index in [4.69, 9.17) is 4.74 Å². The smallest absolute Gasteiger partial charge is 0.321 e. The van der Waals surface area contributed by atoms with Crippen LogP contribution in [-0.2, 0) is 19.4 Å². The minimum Gasteiger partial charge on any atom is -0.480 e. The van der Waals surface area contributed by atoms with Gasteiger partial charge in [0.05, 0.1) is 18.7 Å². The summed E-state index contributed by atoms with van der Waals surface area (Å²) >= 11 is 3.15. The van der Waals surface area contributed by atoms with Crippen molar-refractivity contribution in [1.29, 1.82) is 0 Å². The maximum Gasteiger partial charge on any atom is 0.321 e. The molecule has 94 valence electrons. The van der Waals surface area contributed by atoms with Crippen molar-refractivity contribution in [1.82, 2.24) is 4.98 Å². The zero-order valence-corrected chi connectivity index (χ0v) is 11.5. The van der Waals surface area contributed by atoms with Gasteiger partial charge in [-0.15, -0.1) is 0 Å². The highest BCUT2D eigenvalue weighted by atomic mass is 79.9. The topological polar surface area (TPSA) is 82.6 Å². The van der Waals surface area contributed by atoms with Gasteiger partial charge in [-0.05, 0) is 28.1 Å². The van der Waals surface area contributed by atoms with E-state index < -0.39 is 21.6 Å². The van der Waals surface area contributed by atoms with Gasteiger partial charge < -0.3 is 9.47 Å². The van der Waals surface area contributed by atoms with Crippen LogP contribution >= 0.6 is 15.9 Å². The Labute approximate surface area is 107 Å². The second kappa shape index (κ2) is 5.46. The van der Waals surface area contributed by atoms with Crippen molar-refractivity contribution in [3.8, 4) is 5.88 Å². The SMILES string of the molecule is COC(=O)CS(=O)(=O)c1ccc(Br)c(OC)n1. The fraction of sp³-hybridized carbons (Fsp3) is 0.333. The lowest BCUT2D eigenvalue weighted by Gasteiger charge is -2.06. The largest absolute Gasteiger partial charge is 0.480 e. The molecule has 0 aliphatic rings. The molecule has 0 radical (unpaired) electrons. The third kappa shape index (κ3) is 3.40. The number of nitrogens with zero attached hydrogens (tertiary/aromatic N) is 1. The van der Waals surface area contributed by atoms with Gasteiger partial charge in [-0.3, -0.25) is 4.79 Å². The molecular formula is C9H10BrNO5S. The second-order valence-electron chi connectivity index (χ2n) is 2.98. The fourth-order valence-electron chi connectivity index (χ4n) is 1.01. The lowest BCUT2D eigenvalue weighted by Crippen LogP contribution is -2.18. The van der Waals surface area contributed by atoms with Crippen LogP contribution in [0.25, 0.3) is 0 Å². The van der Waals surface area contributed by atoms with Crippen molar-refractivity contribution in [3.63, 3.8) is 0 Å². The van der Waals surface area contributed by atoms with E-state index in [9.17, 15) is 13.2 Å². The van der Waals surface area contributed by atoms with Crippen LogP contribution in [0.3, 0.4) is 0 Å². The molecule has 0 saturated heterocycles. The summed E-state index contributed by atoms with van der Waals surface area (Å²) in [5, 5.41) is -0.233. The van der Waals surface area contributed by atoms with Crippen LogP contribution in [0.2, 0.25) is 0 Å². The maximum absolute atomic E-state index is 11.7. The van der Waals surface area contributed by atoms with Crippen molar-refractivity contribution in [2.45, 2.75) is 5.03 Å². The van der Waals surface area contributed by atoms with Gasteiger partial charge in [0.25, 0.3) is 0 Å². The molecule has 0 spiro atoms. The van der Waals surface area contributed by atoms with Gasteiger partial charge >= 0.3 is 5.97 Å². The van der Waals surface area contributed by atoms with Gasteiger partial charge in [0.1, 0.15) is 0 Å². The molecule has 0 saturated carbocycles. The first-order valence-corrected chi connectivity index (χ1v) is 6.85. The van der Waals surface area contributed by atoms with Crippen molar-refractivity contribution in [2.24, 2.45) is 0 Å². The number of carbonyl (C=O) groups is 1. The molecule has 0 fully saturated rings.